The van der Waals surface area contributed by atoms with Gasteiger partial charge in [0.25, 0.3) is 0 Å². The Morgan fingerprint density at radius 2 is 2.06 bits per heavy atom. The fourth-order valence-electron chi connectivity index (χ4n) is 2.76. The van der Waals surface area contributed by atoms with Crippen LogP contribution in [-0.2, 0) is 12.8 Å². The zero-order valence-electron chi connectivity index (χ0n) is 11.3. The maximum absolute atomic E-state index is 3.70. The van der Waals surface area contributed by atoms with Crippen molar-refractivity contribution in [1.29, 1.82) is 0 Å². The van der Waals surface area contributed by atoms with E-state index in [9.17, 15) is 0 Å². The van der Waals surface area contributed by atoms with Crippen LogP contribution in [0.5, 0.6) is 0 Å². The van der Waals surface area contributed by atoms with E-state index in [0.717, 1.165) is 0 Å². The molecule has 1 aliphatic rings. The van der Waals surface area contributed by atoms with Crippen LogP contribution in [0.25, 0.3) is 0 Å². The zero-order chi connectivity index (χ0) is 12.1. The first-order valence-corrected chi connectivity index (χ1v) is 7.18. The predicted octanol–water partition coefficient (Wildman–Crippen LogP) is 4.56. The predicted molar refractivity (Wildman–Crippen MR) is 75.7 cm³/mol. The molecule has 2 rings (SSSR count). The minimum Gasteiger partial charge on any atom is -0.382 e. The first-order chi connectivity index (χ1) is 8.31. The lowest BCUT2D eigenvalue weighted by atomic mass is 9.90. The largest absolute Gasteiger partial charge is 0.382 e. The van der Waals surface area contributed by atoms with Gasteiger partial charge in [-0.2, -0.15) is 0 Å². The lowest BCUT2D eigenvalue weighted by Crippen LogP contribution is -2.17. The molecule has 1 aliphatic carbocycles. The lowest BCUT2D eigenvalue weighted by molar-refractivity contribution is 0.640. The summed E-state index contributed by atoms with van der Waals surface area (Å²) in [6.07, 6.45) is 9.15. The van der Waals surface area contributed by atoms with Crippen LogP contribution in [0, 0.1) is 0 Å². The smallest absolute Gasteiger partial charge is 0.0377 e. The third kappa shape index (κ3) is 3.24. The highest BCUT2D eigenvalue weighted by Gasteiger charge is 2.13. The van der Waals surface area contributed by atoms with Gasteiger partial charge in [0, 0.05) is 11.7 Å². The zero-order valence-corrected chi connectivity index (χ0v) is 11.3. The van der Waals surface area contributed by atoms with E-state index in [1.165, 1.54) is 50.6 Å². The molecule has 17 heavy (non-hydrogen) atoms. The maximum atomic E-state index is 3.70. The molecule has 0 heterocycles. The highest BCUT2D eigenvalue weighted by atomic mass is 14.9. The van der Waals surface area contributed by atoms with Gasteiger partial charge in [-0.1, -0.05) is 31.9 Å². The molecule has 1 heteroatoms. The summed E-state index contributed by atoms with van der Waals surface area (Å²) in [5, 5.41) is 3.70. The Morgan fingerprint density at radius 1 is 1.24 bits per heavy atom. The van der Waals surface area contributed by atoms with Crippen molar-refractivity contribution in [3.05, 3.63) is 29.3 Å². The van der Waals surface area contributed by atoms with Crippen molar-refractivity contribution >= 4 is 5.69 Å². The number of hydrogen-bond donors (Lipinski definition) is 1. The van der Waals surface area contributed by atoms with Gasteiger partial charge in [-0.15, -0.1) is 0 Å². The molecule has 1 nitrogen and oxygen atoms in total. The van der Waals surface area contributed by atoms with Crippen LogP contribution in [0.3, 0.4) is 0 Å². The molecule has 0 saturated carbocycles. The number of fused-ring (bicyclic) bond motifs is 1. The summed E-state index contributed by atoms with van der Waals surface area (Å²) in [5.41, 5.74) is 4.55. The number of unbranched alkanes of at least 4 members (excludes halogenated alkanes) is 1. The third-order valence-electron chi connectivity index (χ3n) is 3.79. The summed E-state index contributed by atoms with van der Waals surface area (Å²) in [5.74, 6) is 0. The van der Waals surface area contributed by atoms with Crippen molar-refractivity contribution in [1.82, 2.24) is 0 Å². The van der Waals surface area contributed by atoms with Crippen molar-refractivity contribution in [3.63, 3.8) is 0 Å². The monoisotopic (exact) mass is 231 g/mol. The molecule has 1 aromatic carbocycles. The molecular weight excluding hydrogens is 206 g/mol. The number of nitrogens with one attached hydrogen (secondary N) is 1. The highest BCUT2D eigenvalue weighted by molar-refractivity contribution is 5.56. The molecule has 94 valence electrons. The van der Waals surface area contributed by atoms with Gasteiger partial charge in [0.1, 0.15) is 0 Å². The second-order valence-corrected chi connectivity index (χ2v) is 5.34. The van der Waals surface area contributed by atoms with E-state index in [-0.39, 0.29) is 0 Å². The molecule has 0 aromatic heterocycles. The Kier molecular flexibility index (Phi) is 4.47. The number of anilines is 1. The third-order valence-corrected chi connectivity index (χ3v) is 3.79. The van der Waals surface area contributed by atoms with E-state index < -0.39 is 0 Å². The van der Waals surface area contributed by atoms with Gasteiger partial charge in [-0.25, -0.2) is 0 Å². The van der Waals surface area contributed by atoms with Crippen LogP contribution in [0.2, 0.25) is 0 Å². The molecule has 0 spiro atoms. The molecule has 0 radical (unpaired) electrons. The molecule has 0 fully saturated rings. The van der Waals surface area contributed by atoms with Crippen LogP contribution in [0.1, 0.15) is 57.1 Å². The number of rotatable bonds is 5. The molecule has 0 bridgehead atoms. The van der Waals surface area contributed by atoms with Crippen molar-refractivity contribution in [3.8, 4) is 0 Å². The quantitative estimate of drug-likeness (QED) is 0.783. The fourth-order valence-corrected chi connectivity index (χ4v) is 2.76. The molecule has 0 aliphatic heterocycles. The Hall–Kier alpha value is -0.980. The van der Waals surface area contributed by atoms with E-state index in [1.54, 1.807) is 11.1 Å². The number of aryl methyl sites for hydroxylation is 1. The Labute approximate surface area is 106 Å². The minimum atomic E-state index is 0.600. The first-order valence-electron chi connectivity index (χ1n) is 7.18. The standard InChI is InChI=1S/C16H25N/c1-3-4-8-13(2)17-16-12-7-10-14-9-5-6-11-15(14)16/h7,10,12-13,17H,3-6,8-9,11H2,1-2H3. The summed E-state index contributed by atoms with van der Waals surface area (Å²) < 4.78 is 0. The second kappa shape index (κ2) is 6.09. The molecule has 1 N–H and O–H groups in total. The summed E-state index contributed by atoms with van der Waals surface area (Å²) in [7, 11) is 0. The van der Waals surface area contributed by atoms with E-state index >= 15 is 0 Å². The van der Waals surface area contributed by atoms with E-state index in [1.807, 2.05) is 0 Å². The van der Waals surface area contributed by atoms with E-state index in [2.05, 4.69) is 37.4 Å². The van der Waals surface area contributed by atoms with Crippen molar-refractivity contribution in [2.75, 3.05) is 5.32 Å². The summed E-state index contributed by atoms with van der Waals surface area (Å²) in [4.78, 5) is 0. The molecule has 0 saturated heterocycles. The lowest BCUT2D eigenvalue weighted by Gasteiger charge is -2.23. The van der Waals surface area contributed by atoms with Gasteiger partial charge < -0.3 is 5.32 Å². The van der Waals surface area contributed by atoms with Crippen LogP contribution in [0.4, 0.5) is 5.69 Å². The summed E-state index contributed by atoms with van der Waals surface area (Å²) in [6.45, 7) is 4.56. The molecular formula is C16H25N. The van der Waals surface area contributed by atoms with Gasteiger partial charge in [0.05, 0.1) is 0 Å². The Morgan fingerprint density at radius 3 is 2.88 bits per heavy atom. The van der Waals surface area contributed by atoms with Crippen molar-refractivity contribution in [2.45, 2.75) is 64.8 Å². The maximum Gasteiger partial charge on any atom is 0.0377 e. The topological polar surface area (TPSA) is 12.0 Å². The van der Waals surface area contributed by atoms with Crippen LogP contribution < -0.4 is 5.32 Å². The molecule has 1 unspecified atom stereocenters. The van der Waals surface area contributed by atoms with Crippen LogP contribution >= 0.6 is 0 Å². The Bertz CT molecular complexity index is 357. The fraction of sp³-hybridized carbons (Fsp3) is 0.625. The number of hydrogen-bond acceptors (Lipinski definition) is 1. The highest BCUT2D eigenvalue weighted by Crippen LogP contribution is 2.28. The van der Waals surface area contributed by atoms with Crippen LogP contribution in [-0.4, -0.2) is 6.04 Å². The van der Waals surface area contributed by atoms with Crippen LogP contribution in [0.15, 0.2) is 18.2 Å². The van der Waals surface area contributed by atoms with Gasteiger partial charge >= 0.3 is 0 Å². The van der Waals surface area contributed by atoms with Crippen molar-refractivity contribution < 1.29 is 0 Å². The SMILES string of the molecule is CCCCC(C)Nc1cccc2c1CCCC2. The van der Waals surface area contributed by atoms with Crippen molar-refractivity contribution in [2.24, 2.45) is 0 Å². The average Bonchev–Trinajstić information content (AvgIpc) is 2.37. The summed E-state index contributed by atoms with van der Waals surface area (Å²) >= 11 is 0. The molecule has 1 atom stereocenters. The minimum absolute atomic E-state index is 0.600. The molecule has 0 amide bonds. The first kappa shape index (κ1) is 12.5. The molecule has 1 aromatic rings. The van der Waals surface area contributed by atoms with Gasteiger partial charge in [-0.05, 0) is 56.2 Å². The second-order valence-electron chi connectivity index (χ2n) is 5.34. The van der Waals surface area contributed by atoms with Gasteiger partial charge in [0.15, 0.2) is 0 Å². The van der Waals surface area contributed by atoms with Gasteiger partial charge in [-0.3, -0.25) is 0 Å². The van der Waals surface area contributed by atoms with E-state index in [4.69, 9.17) is 0 Å². The van der Waals surface area contributed by atoms with Gasteiger partial charge in [0.2, 0.25) is 0 Å². The Balaban J connectivity index is 2.05. The normalized spacial score (nSPS) is 16.4. The van der Waals surface area contributed by atoms with E-state index in [0.29, 0.717) is 6.04 Å². The number of benzene rings is 1. The summed E-state index contributed by atoms with van der Waals surface area (Å²) in [6, 6.07) is 7.37. The average molecular weight is 231 g/mol.